The highest BCUT2D eigenvalue weighted by Crippen LogP contribution is 2.26. The van der Waals surface area contributed by atoms with Crippen LogP contribution >= 0.6 is 0 Å². The number of carbonyl (C=O) groups excluding carboxylic acids is 2. The van der Waals surface area contributed by atoms with Gasteiger partial charge in [-0.15, -0.1) is 0 Å². The maximum atomic E-state index is 13.1. The van der Waals surface area contributed by atoms with Crippen molar-refractivity contribution in [2.75, 3.05) is 26.2 Å². The number of benzene rings is 1. The fourth-order valence-electron chi connectivity index (χ4n) is 4.52. The van der Waals surface area contributed by atoms with Gasteiger partial charge in [0.05, 0.1) is 16.8 Å². The molecule has 1 saturated carbocycles. The highest BCUT2D eigenvalue weighted by Gasteiger charge is 2.30. The highest BCUT2D eigenvalue weighted by molar-refractivity contribution is 5.99. The van der Waals surface area contributed by atoms with Crippen LogP contribution in [0.4, 0.5) is 0 Å². The van der Waals surface area contributed by atoms with Gasteiger partial charge in [0.1, 0.15) is 0 Å². The fraction of sp³-hybridized carbons (Fsp3) is 0.522. The summed E-state index contributed by atoms with van der Waals surface area (Å²) in [4.78, 5) is 34.3. The van der Waals surface area contributed by atoms with Gasteiger partial charge in [-0.1, -0.05) is 30.9 Å². The molecular weight excluding hydrogens is 350 g/mol. The molecule has 2 aromatic rings. The number of aromatic nitrogens is 1. The summed E-state index contributed by atoms with van der Waals surface area (Å²) in [5.74, 6) is 0.523. The SMILES string of the molecule is Cc1ccc2nc(C)c(C(=O)N3CCN(C(=O)C4CCCCC4)CC3)cc2c1. The number of hydrogen-bond donors (Lipinski definition) is 0. The molecule has 4 rings (SSSR count). The number of rotatable bonds is 2. The van der Waals surface area contributed by atoms with Crippen LogP contribution in [-0.2, 0) is 4.79 Å². The second-order valence-corrected chi connectivity index (χ2v) is 8.27. The molecule has 148 valence electrons. The number of piperazine rings is 1. The number of carbonyl (C=O) groups is 2. The molecule has 0 N–H and O–H groups in total. The first-order valence-electron chi connectivity index (χ1n) is 10.5. The molecule has 1 aromatic carbocycles. The minimum absolute atomic E-state index is 0.0261. The van der Waals surface area contributed by atoms with Gasteiger partial charge in [0, 0.05) is 37.5 Å². The Morgan fingerprint density at radius 3 is 2.32 bits per heavy atom. The summed E-state index contributed by atoms with van der Waals surface area (Å²) in [6, 6.07) is 8.08. The van der Waals surface area contributed by atoms with E-state index in [4.69, 9.17) is 0 Å². The number of hydrogen-bond acceptors (Lipinski definition) is 3. The van der Waals surface area contributed by atoms with Crippen molar-refractivity contribution < 1.29 is 9.59 Å². The summed E-state index contributed by atoms with van der Waals surface area (Å²) in [5, 5.41) is 1.00. The first kappa shape index (κ1) is 18.9. The number of nitrogens with zero attached hydrogens (tertiary/aromatic N) is 3. The molecule has 1 aliphatic carbocycles. The molecule has 0 unspecified atom stereocenters. The van der Waals surface area contributed by atoms with Crippen LogP contribution in [0.25, 0.3) is 10.9 Å². The van der Waals surface area contributed by atoms with Crippen LogP contribution in [0.5, 0.6) is 0 Å². The molecule has 1 aliphatic heterocycles. The molecule has 2 aliphatic rings. The summed E-state index contributed by atoms with van der Waals surface area (Å²) in [6.45, 7) is 6.42. The number of amides is 2. The van der Waals surface area contributed by atoms with Crippen molar-refractivity contribution in [3.8, 4) is 0 Å². The first-order valence-corrected chi connectivity index (χ1v) is 10.5. The predicted octanol–water partition coefficient (Wildman–Crippen LogP) is 3.72. The molecule has 5 heteroatoms. The van der Waals surface area contributed by atoms with Gasteiger partial charge < -0.3 is 9.80 Å². The minimum Gasteiger partial charge on any atom is -0.339 e. The molecule has 2 fully saturated rings. The Hall–Kier alpha value is -2.43. The van der Waals surface area contributed by atoms with Crippen LogP contribution in [0, 0.1) is 19.8 Å². The summed E-state index contributed by atoms with van der Waals surface area (Å²) < 4.78 is 0. The van der Waals surface area contributed by atoms with Crippen LogP contribution in [-0.4, -0.2) is 52.8 Å². The number of fused-ring (bicyclic) bond motifs is 1. The molecule has 0 bridgehead atoms. The van der Waals surface area contributed by atoms with Crippen molar-refractivity contribution in [2.24, 2.45) is 5.92 Å². The molecule has 0 atom stereocenters. The molecular formula is C23H29N3O2. The van der Waals surface area contributed by atoms with Gasteiger partial charge in [0.25, 0.3) is 5.91 Å². The van der Waals surface area contributed by atoms with Crippen LogP contribution in [0.3, 0.4) is 0 Å². The van der Waals surface area contributed by atoms with Crippen molar-refractivity contribution in [1.29, 1.82) is 0 Å². The average molecular weight is 380 g/mol. The lowest BCUT2D eigenvalue weighted by Gasteiger charge is -2.37. The zero-order chi connectivity index (χ0) is 19.7. The monoisotopic (exact) mass is 379 g/mol. The highest BCUT2D eigenvalue weighted by atomic mass is 16.2. The molecule has 0 spiro atoms. The largest absolute Gasteiger partial charge is 0.339 e. The second-order valence-electron chi connectivity index (χ2n) is 8.27. The molecule has 2 heterocycles. The van der Waals surface area contributed by atoms with Crippen LogP contribution in [0.2, 0.25) is 0 Å². The molecule has 0 radical (unpaired) electrons. The Bertz CT molecular complexity index is 894. The van der Waals surface area contributed by atoms with Crippen LogP contribution in [0.15, 0.2) is 24.3 Å². The quantitative estimate of drug-likeness (QED) is 0.799. The zero-order valence-corrected chi connectivity index (χ0v) is 16.9. The smallest absolute Gasteiger partial charge is 0.255 e. The Balaban J connectivity index is 1.44. The van der Waals surface area contributed by atoms with Gasteiger partial charge in [-0.25, -0.2) is 0 Å². The van der Waals surface area contributed by atoms with E-state index in [-0.39, 0.29) is 11.8 Å². The van der Waals surface area contributed by atoms with Crippen molar-refractivity contribution in [3.05, 3.63) is 41.1 Å². The van der Waals surface area contributed by atoms with E-state index in [1.54, 1.807) is 0 Å². The standard InChI is InChI=1S/C23H29N3O2/c1-16-8-9-21-19(14-16)15-20(17(2)24-21)23(28)26-12-10-25(11-13-26)22(27)18-6-4-3-5-7-18/h8-9,14-15,18H,3-7,10-13H2,1-2H3. The lowest BCUT2D eigenvalue weighted by atomic mass is 9.88. The predicted molar refractivity (Wildman–Crippen MR) is 110 cm³/mol. The number of pyridine rings is 1. The van der Waals surface area contributed by atoms with Crippen LogP contribution in [0.1, 0.15) is 53.7 Å². The molecule has 28 heavy (non-hydrogen) atoms. The van der Waals surface area contributed by atoms with Crippen LogP contribution < -0.4 is 0 Å². The van der Waals surface area contributed by atoms with Gasteiger partial charge in [0.15, 0.2) is 0 Å². The lowest BCUT2D eigenvalue weighted by molar-refractivity contribution is -0.138. The Morgan fingerprint density at radius 2 is 1.61 bits per heavy atom. The molecule has 5 nitrogen and oxygen atoms in total. The third-order valence-electron chi connectivity index (χ3n) is 6.22. The van der Waals surface area contributed by atoms with Crippen molar-refractivity contribution >= 4 is 22.7 Å². The normalized spacial score (nSPS) is 18.5. The van der Waals surface area contributed by atoms with E-state index in [9.17, 15) is 9.59 Å². The summed E-state index contributed by atoms with van der Waals surface area (Å²) >= 11 is 0. The third-order valence-corrected chi connectivity index (χ3v) is 6.22. The number of aryl methyl sites for hydroxylation is 2. The Morgan fingerprint density at radius 1 is 0.929 bits per heavy atom. The van der Waals surface area contributed by atoms with Gasteiger partial charge >= 0.3 is 0 Å². The van der Waals surface area contributed by atoms with Crippen molar-refractivity contribution in [3.63, 3.8) is 0 Å². The van der Waals surface area contributed by atoms with Gasteiger partial charge in [-0.2, -0.15) is 0 Å². The zero-order valence-electron chi connectivity index (χ0n) is 16.9. The fourth-order valence-corrected chi connectivity index (χ4v) is 4.52. The summed E-state index contributed by atoms with van der Waals surface area (Å²) in [7, 11) is 0. The average Bonchev–Trinajstić information content (AvgIpc) is 2.73. The molecule has 1 saturated heterocycles. The molecule has 2 amide bonds. The van der Waals surface area contributed by atoms with Gasteiger partial charge in [0.2, 0.25) is 5.91 Å². The Labute approximate surface area is 166 Å². The summed E-state index contributed by atoms with van der Waals surface area (Å²) in [6.07, 6.45) is 5.65. The molecule has 1 aromatic heterocycles. The van der Waals surface area contributed by atoms with E-state index >= 15 is 0 Å². The second kappa shape index (κ2) is 7.90. The minimum atomic E-state index is 0.0261. The van der Waals surface area contributed by atoms with E-state index in [0.717, 1.165) is 35.0 Å². The first-order chi connectivity index (χ1) is 13.5. The van der Waals surface area contributed by atoms with E-state index in [0.29, 0.717) is 37.6 Å². The summed E-state index contributed by atoms with van der Waals surface area (Å²) in [5.41, 5.74) is 3.51. The van der Waals surface area contributed by atoms with Crippen molar-refractivity contribution in [2.45, 2.75) is 46.0 Å². The third kappa shape index (κ3) is 3.75. The van der Waals surface area contributed by atoms with E-state index < -0.39 is 0 Å². The lowest BCUT2D eigenvalue weighted by Crippen LogP contribution is -2.52. The Kier molecular flexibility index (Phi) is 5.33. The van der Waals surface area contributed by atoms with E-state index in [2.05, 4.69) is 11.1 Å². The maximum Gasteiger partial charge on any atom is 0.255 e. The topological polar surface area (TPSA) is 53.5 Å². The van der Waals surface area contributed by atoms with Crippen molar-refractivity contribution in [1.82, 2.24) is 14.8 Å². The van der Waals surface area contributed by atoms with E-state index in [1.165, 1.54) is 19.3 Å². The van der Waals surface area contributed by atoms with Gasteiger partial charge in [-0.05, 0) is 44.9 Å². The van der Waals surface area contributed by atoms with E-state index in [1.807, 2.05) is 41.8 Å². The van der Waals surface area contributed by atoms with Gasteiger partial charge in [-0.3, -0.25) is 14.6 Å². The maximum absolute atomic E-state index is 13.1.